The number of terminal acetylenes is 1. The smallest absolute Gasteiger partial charge is 0.270 e. The molecule has 0 saturated carbocycles. The van der Waals surface area contributed by atoms with Crippen LogP contribution in [0.1, 0.15) is 19.3 Å². The second-order valence-electron chi connectivity index (χ2n) is 7.22. The number of amides is 1. The molecule has 0 aliphatic carbocycles. The molecule has 0 spiro atoms. The van der Waals surface area contributed by atoms with Crippen LogP contribution < -0.4 is 4.80 Å². The number of halogens is 1. The summed E-state index contributed by atoms with van der Waals surface area (Å²) in [5.74, 6) is 1.89. The molecule has 1 aliphatic rings. The van der Waals surface area contributed by atoms with Gasteiger partial charge in [-0.15, -0.1) is 17.8 Å². The lowest BCUT2D eigenvalue weighted by Gasteiger charge is -2.31. The predicted octanol–water partition coefficient (Wildman–Crippen LogP) is 3.63. The molecule has 1 unspecified atom stereocenters. The molecule has 13 heteroatoms. The van der Waals surface area contributed by atoms with Crippen molar-refractivity contribution in [2.45, 2.75) is 36.1 Å². The number of piperidine rings is 1. The van der Waals surface area contributed by atoms with Crippen LogP contribution in [0.4, 0.5) is 5.69 Å². The summed E-state index contributed by atoms with van der Waals surface area (Å²) in [4.78, 5) is 28.3. The molecule has 9 nitrogen and oxygen atoms in total. The standard InChI is InChI=1S/C20H17ClN4O5S3/c1-2-10-23-14-7-6-13(25(27)28)12-16(14)31-20(23)22-19(26)15-5-3-4-11-24(15)33(29,30)18-9-8-17(21)32-18/h1,6-9,12,15H,3-5,10-11H2. The number of fused-ring (bicyclic) bond motifs is 1. The third kappa shape index (κ3) is 4.60. The van der Waals surface area contributed by atoms with Crippen molar-refractivity contribution >= 4 is 66.1 Å². The summed E-state index contributed by atoms with van der Waals surface area (Å²) in [5, 5.41) is 11.1. The fraction of sp³-hybridized carbons (Fsp3) is 0.300. The molecule has 1 saturated heterocycles. The molecule has 172 valence electrons. The number of hydrogen-bond donors (Lipinski definition) is 0. The fourth-order valence-corrected chi connectivity index (χ4v) is 8.00. The van der Waals surface area contributed by atoms with Crippen molar-refractivity contribution in [2.24, 2.45) is 4.99 Å². The Labute approximate surface area is 202 Å². The van der Waals surface area contributed by atoms with Gasteiger partial charge in [-0.25, -0.2) is 8.42 Å². The van der Waals surface area contributed by atoms with E-state index in [2.05, 4.69) is 10.9 Å². The van der Waals surface area contributed by atoms with Gasteiger partial charge < -0.3 is 4.57 Å². The van der Waals surface area contributed by atoms with Crippen molar-refractivity contribution in [1.29, 1.82) is 0 Å². The van der Waals surface area contributed by atoms with E-state index >= 15 is 0 Å². The van der Waals surface area contributed by atoms with Crippen LogP contribution in [0.15, 0.2) is 39.5 Å². The van der Waals surface area contributed by atoms with Crippen LogP contribution in [-0.4, -0.2) is 40.7 Å². The Kier molecular flexibility index (Phi) is 6.69. The number of nitro benzene ring substituents is 1. The van der Waals surface area contributed by atoms with Gasteiger partial charge in [0.05, 0.1) is 26.0 Å². The van der Waals surface area contributed by atoms with E-state index < -0.39 is 26.9 Å². The molecule has 1 amide bonds. The van der Waals surface area contributed by atoms with Crippen molar-refractivity contribution in [3.8, 4) is 12.3 Å². The monoisotopic (exact) mass is 524 g/mol. The second kappa shape index (κ2) is 9.36. The van der Waals surface area contributed by atoms with E-state index in [9.17, 15) is 23.3 Å². The lowest BCUT2D eigenvalue weighted by Crippen LogP contribution is -2.47. The molecule has 1 fully saturated rings. The van der Waals surface area contributed by atoms with Crippen molar-refractivity contribution in [3.05, 3.63) is 49.6 Å². The Morgan fingerprint density at radius 3 is 2.76 bits per heavy atom. The van der Waals surface area contributed by atoms with E-state index in [1.54, 1.807) is 10.6 Å². The van der Waals surface area contributed by atoms with Crippen LogP contribution in [0.3, 0.4) is 0 Å². The first-order valence-electron chi connectivity index (χ1n) is 9.79. The summed E-state index contributed by atoms with van der Waals surface area (Å²) in [7, 11) is -3.91. The highest BCUT2D eigenvalue weighted by molar-refractivity contribution is 7.91. The molecule has 3 heterocycles. The maximum atomic E-state index is 13.2. The Hall–Kier alpha value is -2.56. The van der Waals surface area contributed by atoms with E-state index in [1.807, 2.05) is 0 Å². The van der Waals surface area contributed by atoms with Crippen molar-refractivity contribution in [2.75, 3.05) is 6.54 Å². The largest absolute Gasteiger partial charge is 0.305 e. The van der Waals surface area contributed by atoms with Gasteiger partial charge in [0, 0.05) is 18.7 Å². The summed E-state index contributed by atoms with van der Waals surface area (Å²) in [6, 6.07) is 6.29. The Bertz CT molecular complexity index is 1460. The van der Waals surface area contributed by atoms with Crippen LogP contribution in [0.2, 0.25) is 4.34 Å². The number of carbonyl (C=O) groups is 1. The van der Waals surface area contributed by atoms with Gasteiger partial charge in [-0.1, -0.05) is 35.3 Å². The average molecular weight is 525 g/mol. The molecule has 1 aromatic carbocycles. The summed E-state index contributed by atoms with van der Waals surface area (Å²) >= 11 is 7.94. The number of carbonyl (C=O) groups excluding carboxylic acids is 1. The zero-order valence-corrected chi connectivity index (χ0v) is 20.2. The molecule has 3 aromatic rings. The first kappa shape index (κ1) is 23.6. The Balaban J connectivity index is 1.76. The van der Waals surface area contributed by atoms with Crippen LogP contribution in [0.25, 0.3) is 10.2 Å². The second-order valence-corrected chi connectivity index (χ2v) is 12.1. The number of nitro groups is 1. The fourth-order valence-electron chi connectivity index (χ4n) is 3.67. The number of benzene rings is 1. The number of rotatable bonds is 5. The molecular formula is C20H17ClN4O5S3. The highest BCUT2D eigenvalue weighted by atomic mass is 35.5. The SMILES string of the molecule is C#CCn1c(=NC(=O)C2CCCCN2S(=O)(=O)c2ccc(Cl)s2)sc2cc([N+](=O)[O-])ccc21. The predicted molar refractivity (Wildman–Crippen MR) is 127 cm³/mol. The number of hydrogen-bond acceptors (Lipinski definition) is 7. The highest BCUT2D eigenvalue weighted by Gasteiger charge is 2.38. The van der Waals surface area contributed by atoms with Gasteiger partial charge in [0.1, 0.15) is 10.3 Å². The normalized spacial score (nSPS) is 17.8. The molecule has 2 aromatic heterocycles. The third-order valence-electron chi connectivity index (χ3n) is 5.18. The van der Waals surface area contributed by atoms with Crippen LogP contribution in [-0.2, 0) is 21.4 Å². The molecule has 0 N–H and O–H groups in total. The third-order valence-corrected chi connectivity index (χ3v) is 9.83. The maximum Gasteiger partial charge on any atom is 0.270 e. The minimum atomic E-state index is -3.91. The summed E-state index contributed by atoms with van der Waals surface area (Å²) < 4.78 is 30.1. The van der Waals surface area contributed by atoms with E-state index in [0.29, 0.717) is 33.8 Å². The van der Waals surface area contributed by atoms with E-state index in [1.165, 1.54) is 28.6 Å². The molecule has 4 rings (SSSR count). The molecule has 1 atom stereocenters. The maximum absolute atomic E-state index is 13.2. The van der Waals surface area contributed by atoms with Gasteiger partial charge >= 0.3 is 0 Å². The topological polar surface area (TPSA) is 115 Å². The highest BCUT2D eigenvalue weighted by Crippen LogP contribution is 2.32. The Morgan fingerprint density at radius 1 is 1.30 bits per heavy atom. The van der Waals surface area contributed by atoms with Crippen LogP contribution >= 0.6 is 34.3 Å². The van der Waals surface area contributed by atoms with E-state index in [-0.39, 0.29) is 27.8 Å². The van der Waals surface area contributed by atoms with Gasteiger partial charge in [0.25, 0.3) is 21.6 Å². The van der Waals surface area contributed by atoms with Gasteiger partial charge in [-0.3, -0.25) is 14.9 Å². The molecule has 1 aliphatic heterocycles. The lowest BCUT2D eigenvalue weighted by molar-refractivity contribution is -0.384. The van der Waals surface area contributed by atoms with E-state index in [4.69, 9.17) is 18.0 Å². The minimum absolute atomic E-state index is 0.0729. The lowest BCUT2D eigenvalue weighted by atomic mass is 10.0. The number of nitrogens with zero attached hydrogens (tertiary/aromatic N) is 4. The molecule has 33 heavy (non-hydrogen) atoms. The first-order chi connectivity index (χ1) is 15.7. The Morgan fingerprint density at radius 2 is 2.09 bits per heavy atom. The van der Waals surface area contributed by atoms with Crippen molar-refractivity contribution in [3.63, 3.8) is 0 Å². The number of thiophene rings is 1. The number of thiazole rings is 1. The van der Waals surface area contributed by atoms with Gasteiger partial charge in [0.15, 0.2) is 4.80 Å². The van der Waals surface area contributed by atoms with Crippen molar-refractivity contribution < 1.29 is 18.1 Å². The van der Waals surface area contributed by atoms with Crippen LogP contribution in [0, 0.1) is 22.5 Å². The van der Waals surface area contributed by atoms with Gasteiger partial charge in [0.2, 0.25) is 0 Å². The molecule has 0 bridgehead atoms. The van der Waals surface area contributed by atoms with E-state index in [0.717, 1.165) is 22.7 Å². The molecular weight excluding hydrogens is 508 g/mol. The van der Waals surface area contributed by atoms with Crippen molar-refractivity contribution in [1.82, 2.24) is 8.87 Å². The van der Waals surface area contributed by atoms with Gasteiger partial charge in [-0.05, 0) is 31.0 Å². The van der Waals surface area contributed by atoms with Gasteiger partial charge in [-0.2, -0.15) is 9.30 Å². The zero-order chi connectivity index (χ0) is 23.8. The number of aromatic nitrogens is 1. The molecule has 0 radical (unpaired) electrons. The van der Waals surface area contributed by atoms with Crippen LogP contribution in [0.5, 0.6) is 0 Å². The first-order valence-corrected chi connectivity index (χ1v) is 13.2. The zero-order valence-electron chi connectivity index (χ0n) is 17.0. The average Bonchev–Trinajstić information content (AvgIpc) is 3.37. The summed E-state index contributed by atoms with van der Waals surface area (Å²) in [6.07, 6.45) is 7.14. The number of sulfonamides is 1. The quantitative estimate of drug-likeness (QED) is 0.287. The minimum Gasteiger partial charge on any atom is -0.305 e. The summed E-state index contributed by atoms with van der Waals surface area (Å²) in [5.41, 5.74) is 0.519. The number of non-ortho nitro benzene ring substituents is 1. The summed E-state index contributed by atoms with van der Waals surface area (Å²) in [6.45, 7) is 0.303.